The SMILES string of the molecule is O=C1c2ccccc2CCC1[n+]1ccccc1.[Br-]. The summed E-state index contributed by atoms with van der Waals surface area (Å²) in [5, 5.41) is 0. The number of benzene rings is 1. The van der Waals surface area contributed by atoms with Crippen LogP contribution in [0.4, 0.5) is 0 Å². The van der Waals surface area contributed by atoms with Crippen LogP contribution < -0.4 is 21.5 Å². The molecule has 1 aromatic carbocycles. The molecule has 1 aliphatic carbocycles. The summed E-state index contributed by atoms with van der Waals surface area (Å²) in [6, 6.07) is 13.8. The second-order valence-corrected chi connectivity index (χ2v) is 4.40. The molecule has 2 nitrogen and oxygen atoms in total. The zero-order valence-corrected chi connectivity index (χ0v) is 11.5. The summed E-state index contributed by atoms with van der Waals surface area (Å²) in [6.07, 6.45) is 5.81. The number of nitrogens with zero attached hydrogens (tertiary/aromatic N) is 1. The van der Waals surface area contributed by atoms with Crippen molar-refractivity contribution in [2.75, 3.05) is 0 Å². The summed E-state index contributed by atoms with van der Waals surface area (Å²) in [5.74, 6) is 0.239. The zero-order chi connectivity index (χ0) is 11.7. The lowest BCUT2D eigenvalue weighted by Crippen LogP contribution is -3.00. The number of halogens is 1. The number of carbonyl (C=O) groups excluding carboxylic acids is 1. The van der Waals surface area contributed by atoms with E-state index < -0.39 is 0 Å². The summed E-state index contributed by atoms with van der Waals surface area (Å²) in [6.45, 7) is 0. The minimum absolute atomic E-state index is 0. The van der Waals surface area contributed by atoms with E-state index in [1.165, 1.54) is 5.56 Å². The lowest BCUT2D eigenvalue weighted by Gasteiger charge is -2.19. The third kappa shape index (κ3) is 2.23. The largest absolute Gasteiger partial charge is 1.00 e. The molecule has 3 rings (SSSR count). The summed E-state index contributed by atoms with van der Waals surface area (Å²) in [5.41, 5.74) is 2.07. The van der Waals surface area contributed by atoms with Crippen LogP contribution in [0.1, 0.15) is 28.4 Å². The van der Waals surface area contributed by atoms with Crippen molar-refractivity contribution < 1.29 is 26.3 Å². The summed E-state index contributed by atoms with van der Waals surface area (Å²) >= 11 is 0. The average Bonchev–Trinajstić information content (AvgIpc) is 2.40. The molecule has 0 fully saturated rings. The molecular weight excluding hydrogens is 290 g/mol. The molecule has 1 aromatic heterocycles. The van der Waals surface area contributed by atoms with E-state index in [0.717, 1.165) is 18.4 Å². The fraction of sp³-hybridized carbons (Fsp3) is 0.200. The fourth-order valence-electron chi connectivity index (χ4n) is 2.49. The van der Waals surface area contributed by atoms with Crippen LogP contribution in [-0.4, -0.2) is 5.78 Å². The Morgan fingerprint density at radius 3 is 2.50 bits per heavy atom. The van der Waals surface area contributed by atoms with Crippen LogP contribution in [0.3, 0.4) is 0 Å². The molecule has 0 saturated heterocycles. The Bertz CT molecular complexity index is 553. The highest BCUT2D eigenvalue weighted by molar-refractivity contribution is 6.00. The average molecular weight is 304 g/mol. The summed E-state index contributed by atoms with van der Waals surface area (Å²) < 4.78 is 2.01. The first-order valence-corrected chi connectivity index (χ1v) is 5.94. The highest BCUT2D eigenvalue weighted by Crippen LogP contribution is 2.25. The molecule has 0 N–H and O–H groups in total. The first kappa shape index (κ1) is 13.0. The van der Waals surface area contributed by atoms with Gasteiger partial charge in [0.2, 0.25) is 11.8 Å². The standard InChI is InChI=1S/C15H14NO.BrH/c17-15-13-7-3-2-6-12(13)8-9-14(15)16-10-4-1-5-11-16;/h1-7,10-11,14H,8-9H2;1H/q+1;/p-1. The topological polar surface area (TPSA) is 20.9 Å². The van der Waals surface area contributed by atoms with Gasteiger partial charge in [0.25, 0.3) is 0 Å². The second-order valence-electron chi connectivity index (χ2n) is 4.40. The number of pyridine rings is 1. The van der Waals surface area contributed by atoms with E-state index in [9.17, 15) is 4.79 Å². The Morgan fingerprint density at radius 2 is 1.72 bits per heavy atom. The number of Topliss-reactive ketones (excluding diaryl/α,β-unsaturated/α-hetero) is 1. The molecule has 2 aromatic rings. The normalized spacial score (nSPS) is 17.8. The molecule has 1 heterocycles. The van der Waals surface area contributed by atoms with Crippen molar-refractivity contribution in [2.45, 2.75) is 18.9 Å². The predicted molar refractivity (Wildman–Crippen MR) is 64.8 cm³/mol. The van der Waals surface area contributed by atoms with Crippen molar-refractivity contribution in [3.05, 3.63) is 66.0 Å². The highest BCUT2D eigenvalue weighted by atomic mass is 79.9. The Labute approximate surface area is 117 Å². The van der Waals surface area contributed by atoms with Crippen molar-refractivity contribution in [2.24, 2.45) is 0 Å². The van der Waals surface area contributed by atoms with E-state index in [1.807, 2.05) is 53.4 Å². The second kappa shape index (κ2) is 5.44. The molecular formula is C15H14BrNO. The molecule has 1 atom stereocenters. The Hall–Kier alpha value is -1.48. The maximum Gasteiger partial charge on any atom is 0.230 e. The molecule has 0 amide bonds. The molecule has 0 saturated carbocycles. The molecule has 0 radical (unpaired) electrons. The molecule has 1 unspecified atom stereocenters. The minimum atomic E-state index is -0.0360. The Morgan fingerprint density at radius 1 is 1.00 bits per heavy atom. The van der Waals surface area contributed by atoms with Gasteiger partial charge in [-0.25, -0.2) is 0 Å². The van der Waals surface area contributed by atoms with Gasteiger partial charge in [0.15, 0.2) is 12.4 Å². The molecule has 0 spiro atoms. The predicted octanol–water partition coefficient (Wildman–Crippen LogP) is -0.652. The van der Waals surface area contributed by atoms with E-state index in [1.54, 1.807) is 0 Å². The third-order valence-electron chi connectivity index (χ3n) is 3.37. The maximum absolute atomic E-state index is 12.4. The van der Waals surface area contributed by atoms with Crippen LogP contribution in [-0.2, 0) is 6.42 Å². The molecule has 1 aliphatic rings. The maximum atomic E-state index is 12.4. The van der Waals surface area contributed by atoms with Gasteiger partial charge in [0.05, 0.1) is 0 Å². The molecule has 18 heavy (non-hydrogen) atoms. The molecule has 0 bridgehead atoms. The van der Waals surface area contributed by atoms with Gasteiger partial charge in [-0.05, 0) is 12.0 Å². The van der Waals surface area contributed by atoms with Gasteiger partial charge in [-0.1, -0.05) is 30.3 Å². The number of fused-ring (bicyclic) bond motifs is 1. The number of carbonyl (C=O) groups is 1. The van der Waals surface area contributed by atoms with Gasteiger partial charge in [-0.2, -0.15) is 4.57 Å². The smallest absolute Gasteiger partial charge is 0.230 e. The fourth-order valence-corrected chi connectivity index (χ4v) is 2.49. The first-order valence-electron chi connectivity index (χ1n) is 5.94. The number of hydrogen-bond donors (Lipinski definition) is 0. The summed E-state index contributed by atoms with van der Waals surface area (Å²) in [4.78, 5) is 12.4. The first-order chi connectivity index (χ1) is 8.36. The van der Waals surface area contributed by atoms with Crippen molar-refractivity contribution >= 4 is 5.78 Å². The lowest BCUT2D eigenvalue weighted by molar-refractivity contribution is -0.708. The van der Waals surface area contributed by atoms with Gasteiger partial charge < -0.3 is 17.0 Å². The quantitative estimate of drug-likeness (QED) is 0.641. The Balaban J connectivity index is 0.00000120. The third-order valence-corrected chi connectivity index (χ3v) is 3.37. The van der Waals surface area contributed by atoms with Gasteiger partial charge in [-0.15, -0.1) is 0 Å². The molecule has 92 valence electrons. The minimum Gasteiger partial charge on any atom is -1.00 e. The number of ketones is 1. The lowest BCUT2D eigenvalue weighted by atomic mass is 9.87. The number of rotatable bonds is 1. The monoisotopic (exact) mass is 303 g/mol. The van der Waals surface area contributed by atoms with E-state index in [0.29, 0.717) is 0 Å². The van der Waals surface area contributed by atoms with Crippen LogP contribution >= 0.6 is 0 Å². The summed E-state index contributed by atoms with van der Waals surface area (Å²) in [7, 11) is 0. The number of hydrogen-bond acceptors (Lipinski definition) is 1. The Kier molecular flexibility index (Phi) is 3.92. The van der Waals surface area contributed by atoms with Crippen molar-refractivity contribution in [3.8, 4) is 0 Å². The van der Waals surface area contributed by atoms with E-state index in [4.69, 9.17) is 0 Å². The van der Waals surface area contributed by atoms with Gasteiger partial charge >= 0.3 is 0 Å². The molecule has 3 heteroatoms. The number of aryl methyl sites for hydroxylation is 1. The van der Waals surface area contributed by atoms with Crippen LogP contribution in [0.25, 0.3) is 0 Å². The van der Waals surface area contributed by atoms with Crippen LogP contribution in [0, 0.1) is 0 Å². The van der Waals surface area contributed by atoms with Crippen LogP contribution in [0.15, 0.2) is 54.9 Å². The van der Waals surface area contributed by atoms with Crippen molar-refractivity contribution in [1.29, 1.82) is 0 Å². The van der Waals surface area contributed by atoms with Crippen molar-refractivity contribution in [1.82, 2.24) is 0 Å². The van der Waals surface area contributed by atoms with Gasteiger partial charge in [0.1, 0.15) is 0 Å². The van der Waals surface area contributed by atoms with Crippen molar-refractivity contribution in [3.63, 3.8) is 0 Å². The van der Waals surface area contributed by atoms with E-state index >= 15 is 0 Å². The van der Waals surface area contributed by atoms with Crippen LogP contribution in [0.2, 0.25) is 0 Å². The molecule has 0 aliphatic heterocycles. The van der Waals surface area contributed by atoms with E-state index in [2.05, 4.69) is 6.07 Å². The van der Waals surface area contributed by atoms with Gasteiger partial charge in [0, 0.05) is 24.1 Å². The number of aromatic nitrogens is 1. The zero-order valence-electron chi connectivity index (χ0n) is 9.92. The van der Waals surface area contributed by atoms with E-state index in [-0.39, 0.29) is 28.8 Å². The highest BCUT2D eigenvalue weighted by Gasteiger charge is 2.33. The van der Waals surface area contributed by atoms with Gasteiger partial charge in [-0.3, -0.25) is 4.79 Å². The van der Waals surface area contributed by atoms with Crippen LogP contribution in [0.5, 0.6) is 0 Å².